The first-order valence-electron chi connectivity index (χ1n) is 5.75. The van der Waals surface area contributed by atoms with Crippen LogP contribution < -0.4 is 0 Å². The molecule has 0 spiro atoms. The summed E-state index contributed by atoms with van der Waals surface area (Å²) in [5.74, 6) is 0.777. The number of thioether (sulfide) groups is 1. The molecular weight excluding hydrogens is 240 g/mol. The van der Waals surface area contributed by atoms with E-state index in [0.717, 1.165) is 27.6 Å². The highest BCUT2D eigenvalue weighted by molar-refractivity contribution is 7.98. The summed E-state index contributed by atoms with van der Waals surface area (Å²) < 4.78 is 0. The van der Waals surface area contributed by atoms with Gasteiger partial charge in [-0.05, 0) is 43.2 Å². The Morgan fingerprint density at radius 1 is 1.22 bits per heavy atom. The van der Waals surface area contributed by atoms with Crippen LogP contribution in [0.3, 0.4) is 0 Å². The normalized spacial score (nSPS) is 10.1. The molecule has 18 heavy (non-hydrogen) atoms. The van der Waals surface area contributed by atoms with Crippen molar-refractivity contribution in [3.05, 3.63) is 58.8 Å². The van der Waals surface area contributed by atoms with E-state index in [1.54, 1.807) is 11.8 Å². The quantitative estimate of drug-likeness (QED) is 0.780. The molecule has 2 rings (SSSR count). The number of rotatable bonds is 3. The smallest absolute Gasteiger partial charge is 0.0994 e. The maximum atomic E-state index is 9.03. The second kappa shape index (κ2) is 5.70. The molecule has 3 heteroatoms. The van der Waals surface area contributed by atoms with Gasteiger partial charge in [0.1, 0.15) is 0 Å². The van der Waals surface area contributed by atoms with E-state index in [9.17, 15) is 0 Å². The summed E-state index contributed by atoms with van der Waals surface area (Å²) in [5, 5.41) is 10.0. The standard InChI is InChI=1S/C15H14N2S/c1-11-7-12(2)17-15(8-11)18-10-14-6-4-3-5-13(14)9-16/h3-8H,10H2,1-2H3. The zero-order valence-corrected chi connectivity index (χ0v) is 11.3. The summed E-state index contributed by atoms with van der Waals surface area (Å²) >= 11 is 1.67. The van der Waals surface area contributed by atoms with E-state index >= 15 is 0 Å². The van der Waals surface area contributed by atoms with Crippen LogP contribution in [0, 0.1) is 25.2 Å². The van der Waals surface area contributed by atoms with E-state index in [1.165, 1.54) is 5.56 Å². The fourth-order valence-corrected chi connectivity index (χ4v) is 2.82. The summed E-state index contributed by atoms with van der Waals surface area (Å²) in [6.07, 6.45) is 0. The van der Waals surface area contributed by atoms with Crippen LogP contribution in [0.25, 0.3) is 0 Å². The Hall–Kier alpha value is -1.79. The average Bonchev–Trinajstić information content (AvgIpc) is 2.35. The maximum Gasteiger partial charge on any atom is 0.0994 e. The molecule has 90 valence electrons. The predicted octanol–water partition coefficient (Wildman–Crippen LogP) is 3.86. The van der Waals surface area contributed by atoms with Crippen molar-refractivity contribution in [2.75, 3.05) is 0 Å². The van der Waals surface area contributed by atoms with Crippen LogP contribution in [0.15, 0.2) is 41.4 Å². The molecule has 1 aromatic carbocycles. The van der Waals surface area contributed by atoms with E-state index in [1.807, 2.05) is 31.2 Å². The molecule has 0 N–H and O–H groups in total. The third-order valence-corrected chi connectivity index (χ3v) is 3.55. The van der Waals surface area contributed by atoms with Gasteiger partial charge in [0.2, 0.25) is 0 Å². The molecule has 2 aromatic rings. The monoisotopic (exact) mass is 254 g/mol. The first kappa shape index (κ1) is 12.7. The van der Waals surface area contributed by atoms with Gasteiger partial charge in [0.25, 0.3) is 0 Å². The molecule has 1 heterocycles. The first-order chi connectivity index (χ1) is 8.69. The number of hydrogen-bond acceptors (Lipinski definition) is 3. The molecule has 0 bridgehead atoms. The van der Waals surface area contributed by atoms with Crippen LogP contribution in [0.2, 0.25) is 0 Å². The van der Waals surface area contributed by atoms with Crippen molar-refractivity contribution in [2.45, 2.75) is 24.6 Å². The summed E-state index contributed by atoms with van der Waals surface area (Å²) in [7, 11) is 0. The maximum absolute atomic E-state index is 9.03. The molecule has 0 fully saturated rings. The van der Waals surface area contributed by atoms with E-state index in [0.29, 0.717) is 0 Å². The minimum atomic E-state index is 0.745. The van der Waals surface area contributed by atoms with Gasteiger partial charge in [-0.25, -0.2) is 4.98 Å². The Kier molecular flexibility index (Phi) is 4.01. The molecular formula is C15H14N2S. The second-order valence-corrected chi connectivity index (χ2v) is 5.18. The van der Waals surface area contributed by atoms with Crippen molar-refractivity contribution in [3.63, 3.8) is 0 Å². The minimum Gasteiger partial charge on any atom is -0.247 e. The van der Waals surface area contributed by atoms with E-state index in [4.69, 9.17) is 5.26 Å². The Morgan fingerprint density at radius 3 is 2.72 bits per heavy atom. The summed E-state index contributed by atoms with van der Waals surface area (Å²) in [4.78, 5) is 4.48. The SMILES string of the molecule is Cc1cc(C)nc(SCc2ccccc2C#N)c1. The highest BCUT2D eigenvalue weighted by Crippen LogP contribution is 2.23. The largest absolute Gasteiger partial charge is 0.247 e. The van der Waals surface area contributed by atoms with Crippen LogP contribution >= 0.6 is 11.8 Å². The highest BCUT2D eigenvalue weighted by atomic mass is 32.2. The second-order valence-electron chi connectivity index (χ2n) is 4.18. The zero-order chi connectivity index (χ0) is 13.0. The molecule has 0 atom stereocenters. The number of aryl methyl sites for hydroxylation is 2. The molecule has 0 saturated carbocycles. The lowest BCUT2D eigenvalue weighted by molar-refractivity contribution is 1.05. The van der Waals surface area contributed by atoms with Crippen molar-refractivity contribution >= 4 is 11.8 Å². The van der Waals surface area contributed by atoms with Gasteiger partial charge in [-0.15, -0.1) is 11.8 Å². The van der Waals surface area contributed by atoms with Crippen LogP contribution in [-0.2, 0) is 5.75 Å². The number of aromatic nitrogens is 1. The van der Waals surface area contributed by atoms with Gasteiger partial charge in [0, 0.05) is 11.4 Å². The van der Waals surface area contributed by atoms with Gasteiger partial charge >= 0.3 is 0 Å². The van der Waals surface area contributed by atoms with E-state index in [-0.39, 0.29) is 0 Å². The fraction of sp³-hybridized carbons (Fsp3) is 0.200. The minimum absolute atomic E-state index is 0.745. The Morgan fingerprint density at radius 2 is 2.00 bits per heavy atom. The number of benzene rings is 1. The Labute approximate surface area is 112 Å². The van der Waals surface area contributed by atoms with Crippen LogP contribution in [0.4, 0.5) is 0 Å². The van der Waals surface area contributed by atoms with Gasteiger partial charge in [0.05, 0.1) is 16.7 Å². The highest BCUT2D eigenvalue weighted by Gasteiger charge is 2.03. The van der Waals surface area contributed by atoms with Crippen molar-refractivity contribution in [3.8, 4) is 6.07 Å². The van der Waals surface area contributed by atoms with Gasteiger partial charge in [0.15, 0.2) is 0 Å². The van der Waals surface area contributed by atoms with Crippen LogP contribution in [0.5, 0.6) is 0 Å². The van der Waals surface area contributed by atoms with Gasteiger partial charge < -0.3 is 0 Å². The molecule has 2 nitrogen and oxygen atoms in total. The number of hydrogen-bond donors (Lipinski definition) is 0. The third-order valence-electron chi connectivity index (χ3n) is 2.59. The molecule has 0 aliphatic carbocycles. The topological polar surface area (TPSA) is 36.7 Å². The molecule has 0 radical (unpaired) electrons. The molecule has 0 amide bonds. The summed E-state index contributed by atoms with van der Waals surface area (Å²) in [6.45, 7) is 4.07. The zero-order valence-electron chi connectivity index (χ0n) is 10.5. The van der Waals surface area contributed by atoms with Crippen LogP contribution in [0.1, 0.15) is 22.4 Å². The van der Waals surface area contributed by atoms with Gasteiger partial charge in [-0.1, -0.05) is 18.2 Å². The number of nitrogens with zero attached hydrogens (tertiary/aromatic N) is 2. The van der Waals surface area contributed by atoms with Crippen molar-refractivity contribution in [1.82, 2.24) is 4.98 Å². The lowest BCUT2D eigenvalue weighted by atomic mass is 10.1. The number of nitriles is 1. The molecule has 0 saturated heterocycles. The predicted molar refractivity (Wildman–Crippen MR) is 74.4 cm³/mol. The number of pyridine rings is 1. The molecule has 1 aromatic heterocycles. The fourth-order valence-electron chi connectivity index (χ4n) is 1.79. The molecule has 0 unspecified atom stereocenters. The lowest BCUT2D eigenvalue weighted by Crippen LogP contribution is -1.90. The Balaban J connectivity index is 2.14. The lowest BCUT2D eigenvalue weighted by Gasteiger charge is -2.05. The van der Waals surface area contributed by atoms with Gasteiger partial charge in [-0.3, -0.25) is 0 Å². The third kappa shape index (κ3) is 3.12. The molecule has 0 aliphatic heterocycles. The summed E-state index contributed by atoms with van der Waals surface area (Å²) in [5.41, 5.74) is 4.06. The van der Waals surface area contributed by atoms with Crippen LogP contribution in [-0.4, -0.2) is 4.98 Å². The van der Waals surface area contributed by atoms with Gasteiger partial charge in [-0.2, -0.15) is 5.26 Å². The Bertz CT molecular complexity index is 579. The molecule has 0 aliphatic rings. The summed E-state index contributed by atoms with van der Waals surface area (Å²) in [6, 6.07) is 14.1. The van der Waals surface area contributed by atoms with E-state index in [2.05, 4.69) is 30.1 Å². The van der Waals surface area contributed by atoms with Crippen molar-refractivity contribution in [2.24, 2.45) is 0 Å². The first-order valence-corrected chi connectivity index (χ1v) is 6.73. The average molecular weight is 254 g/mol. The van der Waals surface area contributed by atoms with E-state index < -0.39 is 0 Å². The van der Waals surface area contributed by atoms with Crippen molar-refractivity contribution in [1.29, 1.82) is 5.26 Å². The van der Waals surface area contributed by atoms with Crippen molar-refractivity contribution < 1.29 is 0 Å².